The topological polar surface area (TPSA) is 78.9 Å². The molecule has 0 aromatic heterocycles. The number of nitrogens with zero attached hydrogens (tertiary/aromatic N) is 1. The number of rotatable bonds is 5. The molecule has 148 valence electrons. The highest BCUT2D eigenvalue weighted by Gasteiger charge is 2.33. The van der Waals surface area contributed by atoms with Crippen molar-refractivity contribution in [2.45, 2.75) is 6.92 Å². The SMILES string of the molecule is COc1cc(C(=O)NN2C(=O)C(=CC(C)=Cc3ccccc3)SC2=S)ccc1O. The summed E-state index contributed by atoms with van der Waals surface area (Å²) in [6.07, 6.45) is 3.69. The zero-order valence-corrected chi connectivity index (χ0v) is 17.3. The van der Waals surface area contributed by atoms with Crippen LogP contribution >= 0.6 is 24.0 Å². The third kappa shape index (κ3) is 4.85. The van der Waals surface area contributed by atoms with Gasteiger partial charge in [-0.2, -0.15) is 5.01 Å². The van der Waals surface area contributed by atoms with Crippen LogP contribution in [0, 0.1) is 0 Å². The van der Waals surface area contributed by atoms with E-state index in [9.17, 15) is 14.7 Å². The Hall–Kier alpha value is -3.10. The molecule has 0 bridgehead atoms. The van der Waals surface area contributed by atoms with Crippen molar-refractivity contribution in [3.8, 4) is 11.5 Å². The molecule has 1 saturated heterocycles. The van der Waals surface area contributed by atoms with Gasteiger partial charge in [0.25, 0.3) is 11.8 Å². The standard InChI is InChI=1S/C21H18N2O4S2/c1-13(10-14-6-4-3-5-7-14)11-18-20(26)23(21(28)29-18)22-19(25)15-8-9-16(24)17(12-15)27-2/h3-12,24H,1-2H3,(H,22,25). The van der Waals surface area contributed by atoms with Gasteiger partial charge in [-0.25, -0.2) is 0 Å². The van der Waals surface area contributed by atoms with Crippen LogP contribution in [0.2, 0.25) is 0 Å². The molecule has 0 saturated carbocycles. The molecule has 0 unspecified atom stereocenters. The van der Waals surface area contributed by atoms with E-state index in [1.165, 1.54) is 25.3 Å². The fourth-order valence-electron chi connectivity index (χ4n) is 2.61. The minimum atomic E-state index is -0.544. The number of phenolic OH excluding ortho intramolecular Hbond substituents is 1. The quantitative estimate of drug-likeness (QED) is 0.558. The molecule has 6 nitrogen and oxygen atoms in total. The molecule has 3 rings (SSSR count). The van der Waals surface area contributed by atoms with E-state index in [4.69, 9.17) is 17.0 Å². The molecule has 1 aliphatic heterocycles. The number of hydrogen-bond donors (Lipinski definition) is 2. The Morgan fingerprint density at radius 3 is 2.66 bits per heavy atom. The Kier molecular flexibility index (Phi) is 6.36. The lowest BCUT2D eigenvalue weighted by Gasteiger charge is -2.16. The third-order valence-electron chi connectivity index (χ3n) is 4.00. The minimum absolute atomic E-state index is 0.0849. The van der Waals surface area contributed by atoms with Crippen LogP contribution in [0.15, 0.2) is 65.1 Å². The van der Waals surface area contributed by atoms with Gasteiger partial charge in [-0.05, 0) is 54.6 Å². The first-order chi connectivity index (χ1) is 13.9. The predicted octanol–water partition coefficient (Wildman–Crippen LogP) is 3.89. The first kappa shape index (κ1) is 20.6. The number of carbonyl (C=O) groups is 2. The summed E-state index contributed by atoms with van der Waals surface area (Å²) >= 11 is 6.36. The Bertz CT molecular complexity index is 1030. The summed E-state index contributed by atoms with van der Waals surface area (Å²) < 4.78 is 5.23. The lowest BCUT2D eigenvalue weighted by molar-refractivity contribution is -0.123. The molecule has 1 aliphatic rings. The Balaban J connectivity index is 1.75. The summed E-state index contributed by atoms with van der Waals surface area (Å²) in [5.74, 6) is -0.875. The average Bonchev–Trinajstić information content (AvgIpc) is 2.96. The van der Waals surface area contributed by atoms with Crippen molar-refractivity contribution in [1.29, 1.82) is 0 Å². The molecular weight excluding hydrogens is 408 g/mol. The van der Waals surface area contributed by atoms with Gasteiger partial charge >= 0.3 is 0 Å². The monoisotopic (exact) mass is 426 g/mol. The number of amides is 2. The molecule has 1 heterocycles. The summed E-state index contributed by atoms with van der Waals surface area (Å²) in [7, 11) is 1.38. The van der Waals surface area contributed by atoms with Crippen LogP contribution in [0.5, 0.6) is 11.5 Å². The van der Waals surface area contributed by atoms with Crippen molar-refractivity contribution in [2.75, 3.05) is 7.11 Å². The normalized spacial score (nSPS) is 15.7. The number of thioether (sulfide) groups is 1. The fourth-order valence-corrected chi connectivity index (χ4v) is 3.84. The zero-order chi connectivity index (χ0) is 21.0. The summed E-state index contributed by atoms with van der Waals surface area (Å²) in [6.45, 7) is 1.89. The highest BCUT2D eigenvalue weighted by molar-refractivity contribution is 8.26. The number of hydrazine groups is 1. The van der Waals surface area contributed by atoms with Crippen molar-refractivity contribution >= 4 is 46.2 Å². The molecule has 29 heavy (non-hydrogen) atoms. The molecule has 0 radical (unpaired) electrons. The van der Waals surface area contributed by atoms with Crippen LogP contribution in [-0.2, 0) is 4.79 Å². The van der Waals surface area contributed by atoms with E-state index in [0.29, 0.717) is 4.91 Å². The molecule has 2 amide bonds. The van der Waals surface area contributed by atoms with Gasteiger partial charge in [0, 0.05) is 5.56 Å². The zero-order valence-electron chi connectivity index (χ0n) is 15.7. The van der Waals surface area contributed by atoms with Gasteiger partial charge in [0.15, 0.2) is 15.8 Å². The average molecular weight is 427 g/mol. The van der Waals surface area contributed by atoms with Crippen molar-refractivity contribution in [3.63, 3.8) is 0 Å². The number of ether oxygens (including phenoxy) is 1. The maximum atomic E-state index is 12.7. The Morgan fingerprint density at radius 2 is 1.97 bits per heavy atom. The fraction of sp³-hybridized carbons (Fsp3) is 0.0952. The molecule has 0 spiro atoms. The van der Waals surface area contributed by atoms with E-state index in [2.05, 4.69) is 5.43 Å². The Morgan fingerprint density at radius 1 is 1.24 bits per heavy atom. The largest absolute Gasteiger partial charge is 0.504 e. The molecule has 0 atom stereocenters. The van der Waals surface area contributed by atoms with Crippen molar-refractivity contribution in [1.82, 2.24) is 10.4 Å². The molecule has 2 aromatic rings. The van der Waals surface area contributed by atoms with Crippen LogP contribution in [0.1, 0.15) is 22.8 Å². The number of thiocarbonyl (C=S) groups is 1. The number of benzene rings is 2. The molecule has 0 aliphatic carbocycles. The van der Waals surface area contributed by atoms with Crippen molar-refractivity contribution in [3.05, 3.63) is 76.2 Å². The first-order valence-electron chi connectivity index (χ1n) is 8.58. The van der Waals surface area contributed by atoms with Crippen molar-refractivity contribution in [2.24, 2.45) is 0 Å². The molecular formula is C21H18N2O4S2. The highest BCUT2D eigenvalue weighted by Crippen LogP contribution is 2.31. The molecule has 2 N–H and O–H groups in total. The van der Waals surface area contributed by atoms with E-state index in [1.54, 1.807) is 6.08 Å². The number of nitrogens with one attached hydrogen (secondary N) is 1. The van der Waals surface area contributed by atoms with Crippen LogP contribution < -0.4 is 10.2 Å². The summed E-state index contributed by atoms with van der Waals surface area (Å²) in [5.41, 5.74) is 4.62. The third-order valence-corrected chi connectivity index (χ3v) is 5.30. The van der Waals surface area contributed by atoms with Gasteiger partial charge < -0.3 is 9.84 Å². The van der Waals surface area contributed by atoms with E-state index >= 15 is 0 Å². The first-order valence-corrected chi connectivity index (χ1v) is 9.81. The summed E-state index contributed by atoms with van der Waals surface area (Å²) in [5, 5.41) is 10.7. The lowest BCUT2D eigenvalue weighted by Crippen LogP contribution is -2.44. The van der Waals surface area contributed by atoms with Crippen LogP contribution in [-0.4, -0.2) is 33.4 Å². The number of phenols is 1. The van der Waals surface area contributed by atoms with E-state index in [-0.39, 0.29) is 21.4 Å². The van der Waals surface area contributed by atoms with Gasteiger partial charge in [0.2, 0.25) is 0 Å². The maximum absolute atomic E-state index is 12.7. The highest BCUT2D eigenvalue weighted by atomic mass is 32.2. The number of allylic oxidation sites excluding steroid dienone is 2. The number of carbonyl (C=O) groups excluding carboxylic acids is 2. The van der Waals surface area contributed by atoms with Gasteiger partial charge in [0.1, 0.15) is 0 Å². The van der Waals surface area contributed by atoms with E-state index in [0.717, 1.165) is 27.9 Å². The van der Waals surface area contributed by atoms with Gasteiger partial charge in [-0.3, -0.25) is 15.0 Å². The second-order valence-corrected chi connectivity index (χ2v) is 7.82. The van der Waals surface area contributed by atoms with Gasteiger partial charge in [0.05, 0.1) is 12.0 Å². The van der Waals surface area contributed by atoms with E-state index < -0.39 is 11.8 Å². The smallest absolute Gasteiger partial charge is 0.285 e. The van der Waals surface area contributed by atoms with Crippen LogP contribution in [0.25, 0.3) is 6.08 Å². The van der Waals surface area contributed by atoms with Gasteiger partial charge in [-0.1, -0.05) is 48.2 Å². The lowest BCUT2D eigenvalue weighted by atomic mass is 10.1. The number of hydrogen-bond acceptors (Lipinski definition) is 6. The Labute approximate surface area is 177 Å². The van der Waals surface area contributed by atoms with Gasteiger partial charge in [-0.15, -0.1) is 0 Å². The molecule has 8 heteroatoms. The number of methoxy groups -OCH3 is 1. The maximum Gasteiger partial charge on any atom is 0.285 e. The molecule has 2 aromatic carbocycles. The second-order valence-electron chi connectivity index (χ2n) is 6.14. The number of aromatic hydroxyl groups is 1. The molecule has 1 fully saturated rings. The van der Waals surface area contributed by atoms with Crippen molar-refractivity contribution < 1.29 is 19.4 Å². The van der Waals surface area contributed by atoms with Crippen LogP contribution in [0.3, 0.4) is 0 Å². The van der Waals surface area contributed by atoms with Crippen LogP contribution in [0.4, 0.5) is 0 Å². The van der Waals surface area contributed by atoms with E-state index in [1.807, 2.05) is 43.3 Å². The summed E-state index contributed by atoms with van der Waals surface area (Å²) in [4.78, 5) is 25.6. The minimum Gasteiger partial charge on any atom is -0.504 e. The predicted molar refractivity (Wildman–Crippen MR) is 117 cm³/mol. The summed E-state index contributed by atoms with van der Waals surface area (Å²) in [6, 6.07) is 13.9. The second kappa shape index (κ2) is 8.93.